The summed E-state index contributed by atoms with van der Waals surface area (Å²) in [5.41, 5.74) is 0.0811. The van der Waals surface area contributed by atoms with Gasteiger partial charge in [-0.15, -0.1) is 11.3 Å². The van der Waals surface area contributed by atoms with Gasteiger partial charge in [0.1, 0.15) is 0 Å². The van der Waals surface area contributed by atoms with E-state index in [0.717, 1.165) is 32.6 Å². The van der Waals surface area contributed by atoms with Crippen LogP contribution in [0.3, 0.4) is 0 Å². The minimum atomic E-state index is 0.0811. The summed E-state index contributed by atoms with van der Waals surface area (Å²) in [6.07, 6.45) is 4.75. The van der Waals surface area contributed by atoms with Gasteiger partial charge in [0.05, 0.1) is 0 Å². The highest BCUT2D eigenvalue weighted by molar-refractivity contribution is 7.09. The number of imidazole rings is 1. The number of nitrogens with zero attached hydrogens (tertiary/aromatic N) is 2. The molecule has 0 unspecified atom stereocenters. The normalized spacial score (nSPS) is 10.9. The molecule has 4 nitrogen and oxygen atoms in total. The summed E-state index contributed by atoms with van der Waals surface area (Å²) in [5.74, 6) is 0. The molecule has 1 N–H and O–H groups in total. The smallest absolute Gasteiger partial charge is 0.315 e. The first-order valence-corrected chi connectivity index (χ1v) is 7.18. The summed E-state index contributed by atoms with van der Waals surface area (Å²) in [7, 11) is 0. The number of hydrogen-bond acceptors (Lipinski definition) is 3. The van der Waals surface area contributed by atoms with Crippen molar-refractivity contribution in [2.24, 2.45) is 0 Å². The summed E-state index contributed by atoms with van der Waals surface area (Å²) in [4.78, 5) is 13.2. The quantitative estimate of drug-likeness (QED) is 0.772. The lowest BCUT2D eigenvalue weighted by molar-refractivity contribution is 0.573. The molecule has 98 valence electrons. The molecular weight excluding hydrogens is 246 g/mol. The topological polar surface area (TPSA) is 39.0 Å². The van der Waals surface area contributed by atoms with Gasteiger partial charge in [0, 0.05) is 43.4 Å². The van der Waals surface area contributed by atoms with E-state index in [-0.39, 0.29) is 5.69 Å². The highest BCUT2D eigenvalue weighted by Crippen LogP contribution is 2.07. The summed E-state index contributed by atoms with van der Waals surface area (Å²) in [6, 6.07) is 4.23. The molecule has 0 atom stereocenters. The van der Waals surface area contributed by atoms with Crippen molar-refractivity contribution in [2.75, 3.05) is 13.1 Å². The van der Waals surface area contributed by atoms with Gasteiger partial charge >= 0.3 is 5.69 Å². The van der Waals surface area contributed by atoms with Gasteiger partial charge in [-0.05, 0) is 24.8 Å². The monoisotopic (exact) mass is 265 g/mol. The standard InChI is InChI=1S/C13H19N3OS/c1-2-15-9-10-16(13(15)17)8-7-14-6-5-12-4-3-11-18-12/h3-4,9-11,14H,2,5-8H2,1H3. The first kappa shape index (κ1) is 13.1. The molecule has 0 aliphatic rings. The lowest BCUT2D eigenvalue weighted by Crippen LogP contribution is -2.29. The lowest BCUT2D eigenvalue weighted by atomic mass is 10.3. The third-order valence-electron chi connectivity index (χ3n) is 2.92. The fraction of sp³-hybridized carbons (Fsp3) is 0.462. The minimum absolute atomic E-state index is 0.0811. The second-order valence-electron chi connectivity index (χ2n) is 4.14. The largest absolute Gasteiger partial charge is 0.328 e. The van der Waals surface area contributed by atoms with E-state index < -0.39 is 0 Å². The van der Waals surface area contributed by atoms with Crippen molar-refractivity contribution < 1.29 is 0 Å². The number of thiophene rings is 1. The molecule has 0 spiro atoms. The van der Waals surface area contributed by atoms with Crippen molar-refractivity contribution in [3.8, 4) is 0 Å². The zero-order valence-corrected chi connectivity index (χ0v) is 11.4. The second-order valence-corrected chi connectivity index (χ2v) is 5.17. The Morgan fingerprint density at radius 1 is 1.28 bits per heavy atom. The van der Waals surface area contributed by atoms with Crippen LogP contribution in [0.15, 0.2) is 34.7 Å². The van der Waals surface area contributed by atoms with Crippen LogP contribution in [0, 0.1) is 0 Å². The highest BCUT2D eigenvalue weighted by atomic mass is 32.1. The number of aromatic nitrogens is 2. The number of hydrogen-bond donors (Lipinski definition) is 1. The Labute approximate surface area is 111 Å². The van der Waals surface area contributed by atoms with Gasteiger partial charge in [-0.25, -0.2) is 4.79 Å². The molecule has 2 aromatic heterocycles. The van der Waals surface area contributed by atoms with Gasteiger partial charge in [-0.2, -0.15) is 0 Å². The fourth-order valence-electron chi connectivity index (χ4n) is 1.86. The van der Waals surface area contributed by atoms with E-state index in [0.29, 0.717) is 0 Å². The molecule has 0 amide bonds. The minimum Gasteiger partial charge on any atom is -0.315 e. The second kappa shape index (κ2) is 6.56. The van der Waals surface area contributed by atoms with Crippen LogP contribution in [-0.4, -0.2) is 22.2 Å². The van der Waals surface area contributed by atoms with Gasteiger partial charge in [-0.3, -0.25) is 9.13 Å². The van der Waals surface area contributed by atoms with Crippen LogP contribution in [-0.2, 0) is 19.5 Å². The first-order valence-electron chi connectivity index (χ1n) is 6.30. The average Bonchev–Trinajstić information content (AvgIpc) is 3.00. The van der Waals surface area contributed by atoms with Crippen molar-refractivity contribution in [3.05, 3.63) is 45.3 Å². The van der Waals surface area contributed by atoms with E-state index in [9.17, 15) is 4.79 Å². The SMILES string of the molecule is CCn1ccn(CCNCCc2cccs2)c1=O. The van der Waals surface area contributed by atoms with E-state index in [2.05, 4.69) is 22.8 Å². The Hall–Kier alpha value is -1.33. The van der Waals surface area contributed by atoms with Crippen LogP contribution < -0.4 is 11.0 Å². The highest BCUT2D eigenvalue weighted by Gasteiger charge is 2.00. The third kappa shape index (κ3) is 3.34. The average molecular weight is 265 g/mol. The Kier molecular flexibility index (Phi) is 4.78. The Morgan fingerprint density at radius 3 is 2.78 bits per heavy atom. The molecule has 2 heterocycles. The van der Waals surface area contributed by atoms with Crippen LogP contribution >= 0.6 is 11.3 Å². The summed E-state index contributed by atoms with van der Waals surface area (Å²) in [5, 5.41) is 5.46. The van der Waals surface area contributed by atoms with Gasteiger partial charge in [0.2, 0.25) is 0 Å². The maximum atomic E-state index is 11.8. The summed E-state index contributed by atoms with van der Waals surface area (Å²) in [6.45, 7) is 5.24. The Bertz CT molecular complexity index is 513. The number of rotatable bonds is 7. The molecule has 2 rings (SSSR count). The number of aryl methyl sites for hydroxylation is 1. The van der Waals surface area contributed by atoms with Gasteiger partial charge in [0.25, 0.3) is 0 Å². The fourth-order valence-corrected chi connectivity index (χ4v) is 2.56. The molecule has 0 saturated heterocycles. The zero-order valence-electron chi connectivity index (χ0n) is 10.6. The van der Waals surface area contributed by atoms with E-state index in [1.54, 1.807) is 20.5 Å². The van der Waals surface area contributed by atoms with Crippen molar-refractivity contribution in [1.29, 1.82) is 0 Å². The maximum Gasteiger partial charge on any atom is 0.328 e. The molecule has 0 aliphatic heterocycles. The van der Waals surface area contributed by atoms with Crippen molar-refractivity contribution in [1.82, 2.24) is 14.5 Å². The van der Waals surface area contributed by atoms with E-state index in [4.69, 9.17) is 0 Å². The molecule has 0 fully saturated rings. The predicted octanol–water partition coefficient (Wildman–Crippen LogP) is 1.56. The van der Waals surface area contributed by atoms with Crippen LogP contribution in [0.5, 0.6) is 0 Å². The van der Waals surface area contributed by atoms with E-state index in [1.807, 2.05) is 19.3 Å². The molecule has 0 aromatic carbocycles. The van der Waals surface area contributed by atoms with Crippen LogP contribution in [0.4, 0.5) is 0 Å². The van der Waals surface area contributed by atoms with Crippen molar-refractivity contribution in [3.63, 3.8) is 0 Å². The van der Waals surface area contributed by atoms with E-state index in [1.165, 1.54) is 4.88 Å². The Morgan fingerprint density at radius 2 is 2.11 bits per heavy atom. The molecule has 0 aliphatic carbocycles. The van der Waals surface area contributed by atoms with Crippen molar-refractivity contribution in [2.45, 2.75) is 26.4 Å². The molecule has 0 radical (unpaired) electrons. The first-order chi connectivity index (χ1) is 8.81. The molecule has 0 bridgehead atoms. The van der Waals surface area contributed by atoms with Gasteiger partial charge in [0.15, 0.2) is 0 Å². The van der Waals surface area contributed by atoms with Crippen molar-refractivity contribution >= 4 is 11.3 Å². The van der Waals surface area contributed by atoms with Crippen LogP contribution in [0.25, 0.3) is 0 Å². The summed E-state index contributed by atoms with van der Waals surface area (Å²) >= 11 is 1.79. The molecule has 2 aromatic rings. The lowest BCUT2D eigenvalue weighted by Gasteiger charge is -2.04. The Balaban J connectivity index is 1.69. The molecular formula is C13H19N3OS. The zero-order chi connectivity index (χ0) is 12.8. The van der Waals surface area contributed by atoms with Crippen LogP contribution in [0.2, 0.25) is 0 Å². The molecule has 18 heavy (non-hydrogen) atoms. The van der Waals surface area contributed by atoms with Crippen LogP contribution in [0.1, 0.15) is 11.8 Å². The summed E-state index contributed by atoms with van der Waals surface area (Å²) < 4.78 is 3.47. The van der Waals surface area contributed by atoms with Gasteiger partial charge in [-0.1, -0.05) is 6.07 Å². The molecule has 0 saturated carbocycles. The molecule has 5 heteroatoms. The van der Waals surface area contributed by atoms with Gasteiger partial charge < -0.3 is 5.32 Å². The maximum absolute atomic E-state index is 11.8. The third-order valence-corrected chi connectivity index (χ3v) is 3.85. The van der Waals surface area contributed by atoms with E-state index >= 15 is 0 Å². The number of nitrogens with one attached hydrogen (secondary N) is 1. The predicted molar refractivity (Wildman–Crippen MR) is 75.3 cm³/mol.